The molecule has 10 heteroatoms. The van der Waals surface area contributed by atoms with Gasteiger partial charge in [-0.25, -0.2) is 14.3 Å². The van der Waals surface area contributed by atoms with Gasteiger partial charge >= 0.3 is 0 Å². The first-order chi connectivity index (χ1) is 9.95. The number of nitrogens with zero attached hydrogens (tertiary/aromatic N) is 4. The Morgan fingerprint density at radius 2 is 2.38 bits per heavy atom. The zero-order valence-electron chi connectivity index (χ0n) is 11.6. The SMILES string of the molecule is CCN(CC(C)C#N)S(=O)(=O)c1c(NN)nc2sccn12. The van der Waals surface area contributed by atoms with Crippen LogP contribution in [0.2, 0.25) is 0 Å². The first-order valence-corrected chi connectivity index (χ1v) is 8.59. The van der Waals surface area contributed by atoms with Gasteiger partial charge in [-0.1, -0.05) is 6.92 Å². The van der Waals surface area contributed by atoms with Gasteiger partial charge in [0.2, 0.25) is 5.03 Å². The smallest absolute Gasteiger partial charge is 0.262 e. The second kappa shape index (κ2) is 5.98. The number of anilines is 1. The molecule has 0 aliphatic rings. The molecule has 8 nitrogen and oxygen atoms in total. The van der Waals surface area contributed by atoms with Gasteiger partial charge in [-0.05, 0) is 6.92 Å². The Hall–Kier alpha value is -1.67. The number of hydrogen-bond acceptors (Lipinski definition) is 7. The third-order valence-electron chi connectivity index (χ3n) is 2.99. The Kier molecular flexibility index (Phi) is 4.48. The van der Waals surface area contributed by atoms with Gasteiger partial charge in [0.1, 0.15) is 0 Å². The summed E-state index contributed by atoms with van der Waals surface area (Å²) >= 11 is 1.31. The molecule has 0 saturated heterocycles. The predicted octanol–water partition coefficient (Wildman–Crippen LogP) is 0.852. The summed E-state index contributed by atoms with van der Waals surface area (Å²) in [5, 5.41) is 10.6. The first-order valence-electron chi connectivity index (χ1n) is 6.27. The van der Waals surface area contributed by atoms with Gasteiger partial charge in [0.25, 0.3) is 10.0 Å². The Bertz CT molecular complexity index is 772. The van der Waals surface area contributed by atoms with E-state index in [2.05, 4.69) is 10.4 Å². The minimum Gasteiger partial charge on any atom is -0.306 e. The third kappa shape index (κ3) is 2.73. The lowest BCUT2D eigenvalue weighted by Crippen LogP contribution is -2.35. The summed E-state index contributed by atoms with van der Waals surface area (Å²) in [6.45, 7) is 3.78. The highest BCUT2D eigenvalue weighted by molar-refractivity contribution is 7.89. The molecule has 0 aromatic carbocycles. The number of nitriles is 1. The van der Waals surface area contributed by atoms with E-state index in [1.54, 1.807) is 25.4 Å². The van der Waals surface area contributed by atoms with E-state index in [1.807, 2.05) is 6.07 Å². The van der Waals surface area contributed by atoms with Crippen LogP contribution in [0.1, 0.15) is 13.8 Å². The Morgan fingerprint density at radius 1 is 1.67 bits per heavy atom. The Balaban J connectivity index is 2.54. The van der Waals surface area contributed by atoms with Crippen LogP contribution in [0, 0.1) is 17.2 Å². The van der Waals surface area contributed by atoms with Crippen molar-refractivity contribution in [2.45, 2.75) is 18.9 Å². The lowest BCUT2D eigenvalue weighted by Gasteiger charge is -2.21. The molecule has 3 N–H and O–H groups in total. The average Bonchev–Trinajstić information content (AvgIpc) is 3.03. The molecule has 1 atom stereocenters. The third-order valence-corrected chi connectivity index (χ3v) is 5.71. The molecule has 0 bridgehead atoms. The molecule has 0 radical (unpaired) electrons. The molecule has 2 heterocycles. The zero-order chi connectivity index (χ0) is 15.6. The molecule has 2 aromatic rings. The summed E-state index contributed by atoms with van der Waals surface area (Å²) in [6, 6.07) is 2.04. The number of rotatable bonds is 6. The molecule has 0 fully saturated rings. The molecule has 2 rings (SSSR count). The van der Waals surface area contributed by atoms with Crippen molar-refractivity contribution in [3.63, 3.8) is 0 Å². The molecule has 2 aromatic heterocycles. The fraction of sp³-hybridized carbons (Fsp3) is 0.455. The van der Waals surface area contributed by atoms with Crippen molar-refractivity contribution >= 4 is 32.1 Å². The number of fused-ring (bicyclic) bond motifs is 1. The number of nitrogen functional groups attached to an aromatic ring is 1. The van der Waals surface area contributed by atoms with Crippen LogP contribution < -0.4 is 11.3 Å². The Morgan fingerprint density at radius 3 is 2.95 bits per heavy atom. The number of nitrogens with two attached hydrogens (primary N) is 1. The molecule has 21 heavy (non-hydrogen) atoms. The normalized spacial score (nSPS) is 13.5. The lowest BCUT2D eigenvalue weighted by atomic mass is 10.2. The summed E-state index contributed by atoms with van der Waals surface area (Å²) in [7, 11) is -3.81. The summed E-state index contributed by atoms with van der Waals surface area (Å²) in [5.74, 6) is 5.08. The van der Waals surface area contributed by atoms with E-state index >= 15 is 0 Å². The van der Waals surface area contributed by atoms with Crippen molar-refractivity contribution in [1.82, 2.24) is 13.7 Å². The van der Waals surface area contributed by atoms with Gasteiger partial charge in [-0.15, -0.1) is 11.3 Å². The second-order valence-corrected chi connectivity index (χ2v) is 7.18. The summed E-state index contributed by atoms with van der Waals surface area (Å²) < 4.78 is 28.4. The molecular formula is C11H16N6O2S2. The molecule has 0 spiro atoms. The van der Waals surface area contributed by atoms with Crippen molar-refractivity contribution in [3.8, 4) is 6.07 Å². The van der Waals surface area contributed by atoms with Gasteiger partial charge < -0.3 is 5.43 Å². The van der Waals surface area contributed by atoms with Crippen LogP contribution in [0.3, 0.4) is 0 Å². The van der Waals surface area contributed by atoms with Crippen LogP contribution in [0.5, 0.6) is 0 Å². The monoisotopic (exact) mass is 328 g/mol. The first kappa shape index (κ1) is 15.7. The number of nitrogens with one attached hydrogen (secondary N) is 1. The maximum absolute atomic E-state index is 12.8. The lowest BCUT2D eigenvalue weighted by molar-refractivity contribution is 0.398. The molecule has 114 valence electrons. The topological polar surface area (TPSA) is 117 Å². The molecule has 0 amide bonds. The van der Waals surface area contributed by atoms with Crippen molar-refractivity contribution in [3.05, 3.63) is 11.6 Å². The van der Waals surface area contributed by atoms with Gasteiger partial charge in [-0.3, -0.25) is 4.40 Å². The van der Waals surface area contributed by atoms with E-state index in [0.29, 0.717) is 4.96 Å². The second-order valence-electron chi connectivity index (χ2n) is 4.45. The minimum atomic E-state index is -3.81. The highest BCUT2D eigenvalue weighted by Gasteiger charge is 2.31. The summed E-state index contributed by atoms with van der Waals surface area (Å²) in [4.78, 5) is 4.68. The maximum atomic E-state index is 12.8. The van der Waals surface area contributed by atoms with E-state index in [9.17, 15) is 8.42 Å². The zero-order valence-corrected chi connectivity index (χ0v) is 13.3. The number of thiazole rings is 1. The quantitative estimate of drug-likeness (QED) is 0.600. The van der Waals surface area contributed by atoms with E-state index < -0.39 is 15.9 Å². The summed E-state index contributed by atoms with van der Waals surface area (Å²) in [6.07, 6.45) is 1.63. The van der Waals surface area contributed by atoms with Gasteiger partial charge in [0.15, 0.2) is 10.8 Å². The van der Waals surface area contributed by atoms with Crippen LogP contribution in [0.4, 0.5) is 5.82 Å². The minimum absolute atomic E-state index is 0.00626. The van der Waals surface area contributed by atoms with E-state index in [0.717, 1.165) is 0 Å². The van der Waals surface area contributed by atoms with Crippen LogP contribution in [0.15, 0.2) is 16.6 Å². The fourth-order valence-electron chi connectivity index (χ4n) is 1.97. The van der Waals surface area contributed by atoms with Crippen molar-refractivity contribution < 1.29 is 8.42 Å². The fourth-order valence-corrected chi connectivity index (χ4v) is 4.49. The van der Waals surface area contributed by atoms with Crippen LogP contribution in [-0.4, -0.2) is 35.2 Å². The molecular weight excluding hydrogens is 312 g/mol. The van der Waals surface area contributed by atoms with Crippen molar-refractivity contribution in [2.24, 2.45) is 11.8 Å². The molecule has 0 aliphatic heterocycles. The molecule has 0 saturated carbocycles. The maximum Gasteiger partial charge on any atom is 0.262 e. The van der Waals surface area contributed by atoms with Gasteiger partial charge in [0.05, 0.1) is 12.0 Å². The average molecular weight is 328 g/mol. The number of imidazole rings is 1. The Labute approximate surface area is 126 Å². The highest BCUT2D eigenvalue weighted by Crippen LogP contribution is 2.28. The predicted molar refractivity (Wildman–Crippen MR) is 80.1 cm³/mol. The largest absolute Gasteiger partial charge is 0.306 e. The van der Waals surface area contributed by atoms with Gasteiger partial charge in [-0.2, -0.15) is 14.6 Å². The van der Waals surface area contributed by atoms with E-state index in [1.165, 1.54) is 20.0 Å². The van der Waals surface area contributed by atoms with E-state index in [4.69, 9.17) is 11.1 Å². The van der Waals surface area contributed by atoms with Crippen molar-refractivity contribution in [1.29, 1.82) is 5.26 Å². The van der Waals surface area contributed by atoms with Gasteiger partial charge in [0, 0.05) is 24.7 Å². The standard InChI is InChI=1S/C11H16N6O2S2/c1-3-16(7-8(2)6-12)21(18,19)10-9(15-13)14-11-17(10)4-5-20-11/h4-5,8,15H,3,7,13H2,1-2H3. The number of hydrazine groups is 1. The summed E-state index contributed by atoms with van der Waals surface area (Å²) in [5.41, 5.74) is 2.33. The van der Waals surface area contributed by atoms with Crippen LogP contribution in [-0.2, 0) is 10.0 Å². The molecule has 1 unspecified atom stereocenters. The van der Waals surface area contributed by atoms with Crippen LogP contribution in [0.25, 0.3) is 4.96 Å². The van der Waals surface area contributed by atoms with E-state index in [-0.39, 0.29) is 23.9 Å². The van der Waals surface area contributed by atoms with Crippen molar-refractivity contribution in [2.75, 3.05) is 18.5 Å². The highest BCUT2D eigenvalue weighted by atomic mass is 32.2. The number of hydrogen-bond donors (Lipinski definition) is 2. The number of aromatic nitrogens is 2. The number of sulfonamides is 1. The molecule has 0 aliphatic carbocycles. The van der Waals surface area contributed by atoms with Crippen LogP contribution >= 0.6 is 11.3 Å².